The molecule has 0 aliphatic rings. The van der Waals surface area contributed by atoms with Gasteiger partial charge in [-0.2, -0.15) is 18.4 Å². The predicted octanol–water partition coefficient (Wildman–Crippen LogP) is 4.03. The van der Waals surface area contributed by atoms with Gasteiger partial charge in [-0.05, 0) is 35.9 Å². The number of halogens is 4. The average molecular weight is 310 g/mol. The zero-order chi connectivity index (χ0) is 16.3. The summed E-state index contributed by atoms with van der Waals surface area (Å²) >= 11 is 0. The Balaban J connectivity index is 2.28. The number of hydrogen-bond acceptors (Lipinski definition) is 3. The van der Waals surface area contributed by atoms with Crippen LogP contribution in [-0.2, 0) is 12.7 Å². The summed E-state index contributed by atoms with van der Waals surface area (Å²) < 4.78 is 51.6. The minimum Gasteiger partial charge on any atom is -0.506 e. The summed E-state index contributed by atoms with van der Waals surface area (Å²) in [5.74, 6) is -1.18. The molecule has 0 aromatic heterocycles. The van der Waals surface area contributed by atoms with E-state index in [1.165, 1.54) is 18.2 Å². The van der Waals surface area contributed by atoms with Crippen molar-refractivity contribution in [1.29, 1.82) is 5.26 Å². The molecule has 2 aromatic carbocycles. The van der Waals surface area contributed by atoms with Crippen LogP contribution in [0.4, 0.5) is 23.2 Å². The molecule has 7 heteroatoms. The first-order chi connectivity index (χ1) is 10.3. The van der Waals surface area contributed by atoms with Gasteiger partial charge >= 0.3 is 6.18 Å². The number of rotatable bonds is 3. The molecule has 0 spiro atoms. The van der Waals surface area contributed by atoms with Gasteiger partial charge in [-0.15, -0.1) is 0 Å². The lowest BCUT2D eigenvalue weighted by Gasteiger charge is -2.15. The highest BCUT2D eigenvalue weighted by molar-refractivity contribution is 5.59. The summed E-state index contributed by atoms with van der Waals surface area (Å²) in [6.45, 7) is -0.280. The van der Waals surface area contributed by atoms with Gasteiger partial charge in [0.2, 0.25) is 0 Å². The van der Waals surface area contributed by atoms with E-state index in [9.17, 15) is 22.7 Å². The van der Waals surface area contributed by atoms with Crippen molar-refractivity contribution in [3.8, 4) is 11.8 Å². The first-order valence-corrected chi connectivity index (χ1v) is 6.14. The van der Waals surface area contributed by atoms with Crippen molar-refractivity contribution >= 4 is 5.69 Å². The van der Waals surface area contributed by atoms with E-state index in [0.717, 1.165) is 12.1 Å². The number of aromatic hydroxyl groups is 1. The third kappa shape index (κ3) is 3.47. The van der Waals surface area contributed by atoms with Gasteiger partial charge in [0.1, 0.15) is 11.6 Å². The molecule has 114 valence electrons. The molecule has 0 atom stereocenters. The summed E-state index contributed by atoms with van der Waals surface area (Å²) in [4.78, 5) is 0. The molecular formula is C15H10F4N2O. The van der Waals surface area contributed by atoms with Gasteiger partial charge in [-0.1, -0.05) is 6.07 Å². The zero-order valence-electron chi connectivity index (χ0n) is 11.1. The summed E-state index contributed by atoms with van der Waals surface area (Å²) in [5, 5.41) is 21.0. The van der Waals surface area contributed by atoms with E-state index in [1.54, 1.807) is 0 Å². The maximum absolute atomic E-state index is 13.0. The highest BCUT2D eigenvalue weighted by atomic mass is 19.4. The maximum Gasteiger partial charge on any atom is 0.416 e. The second-order valence-electron chi connectivity index (χ2n) is 4.50. The highest BCUT2D eigenvalue weighted by Crippen LogP contribution is 2.33. The van der Waals surface area contributed by atoms with Gasteiger partial charge in [0.05, 0.1) is 22.9 Å². The van der Waals surface area contributed by atoms with Gasteiger partial charge in [-0.3, -0.25) is 0 Å². The van der Waals surface area contributed by atoms with E-state index >= 15 is 0 Å². The van der Waals surface area contributed by atoms with Crippen molar-refractivity contribution in [3.63, 3.8) is 0 Å². The van der Waals surface area contributed by atoms with Crippen molar-refractivity contribution in [2.45, 2.75) is 12.7 Å². The molecule has 22 heavy (non-hydrogen) atoms. The normalized spacial score (nSPS) is 11.0. The maximum atomic E-state index is 13.0. The van der Waals surface area contributed by atoms with Gasteiger partial charge in [-0.25, -0.2) is 4.39 Å². The summed E-state index contributed by atoms with van der Waals surface area (Å²) in [5.41, 5.74) is -0.890. The van der Waals surface area contributed by atoms with Crippen molar-refractivity contribution in [3.05, 3.63) is 58.9 Å². The standard InChI is InChI=1S/C15H10F4N2O/c16-11-3-2-10(12(6-11)15(17,18)19)8-21-13-5-9(7-20)1-4-14(13)22/h1-6,21-22H,8H2. The van der Waals surface area contributed by atoms with Crippen LogP contribution in [-0.4, -0.2) is 5.11 Å². The first kappa shape index (κ1) is 15.6. The minimum atomic E-state index is -4.68. The molecule has 0 radical (unpaired) electrons. The fourth-order valence-corrected chi connectivity index (χ4v) is 1.90. The van der Waals surface area contributed by atoms with Crippen LogP contribution < -0.4 is 5.32 Å². The van der Waals surface area contributed by atoms with Crippen LogP contribution in [0.15, 0.2) is 36.4 Å². The van der Waals surface area contributed by atoms with Crippen LogP contribution in [0.2, 0.25) is 0 Å². The Morgan fingerprint density at radius 2 is 1.86 bits per heavy atom. The summed E-state index contributed by atoms with van der Waals surface area (Å²) in [6.07, 6.45) is -4.68. The minimum absolute atomic E-state index is 0.122. The number of hydrogen-bond donors (Lipinski definition) is 2. The van der Waals surface area contributed by atoms with Gasteiger partial charge < -0.3 is 10.4 Å². The Morgan fingerprint density at radius 3 is 2.50 bits per heavy atom. The number of alkyl halides is 3. The van der Waals surface area contributed by atoms with Gasteiger partial charge in [0, 0.05) is 6.54 Å². The molecule has 0 heterocycles. The Morgan fingerprint density at radius 1 is 1.14 bits per heavy atom. The Bertz CT molecular complexity index is 735. The first-order valence-electron chi connectivity index (χ1n) is 6.14. The van der Waals surface area contributed by atoms with Crippen LogP contribution in [0.5, 0.6) is 5.75 Å². The lowest BCUT2D eigenvalue weighted by molar-refractivity contribution is -0.138. The molecule has 2 N–H and O–H groups in total. The van der Waals surface area contributed by atoms with E-state index < -0.39 is 17.6 Å². The molecule has 0 fully saturated rings. The van der Waals surface area contributed by atoms with Crippen LogP contribution in [0.25, 0.3) is 0 Å². The van der Waals surface area contributed by atoms with Crippen molar-refractivity contribution in [2.24, 2.45) is 0 Å². The molecule has 0 saturated carbocycles. The molecule has 3 nitrogen and oxygen atoms in total. The third-order valence-corrected chi connectivity index (χ3v) is 2.97. The van der Waals surface area contributed by atoms with E-state index in [1.807, 2.05) is 6.07 Å². The monoisotopic (exact) mass is 310 g/mol. The number of nitriles is 1. The molecule has 0 saturated heterocycles. The summed E-state index contributed by atoms with van der Waals surface area (Å²) in [7, 11) is 0. The smallest absolute Gasteiger partial charge is 0.416 e. The highest BCUT2D eigenvalue weighted by Gasteiger charge is 2.33. The number of anilines is 1. The van der Waals surface area contributed by atoms with E-state index in [2.05, 4.69) is 5.32 Å². The Hall–Kier alpha value is -2.75. The van der Waals surface area contributed by atoms with Gasteiger partial charge in [0.15, 0.2) is 0 Å². The molecule has 0 amide bonds. The topological polar surface area (TPSA) is 56.0 Å². The van der Waals surface area contributed by atoms with Crippen LogP contribution >= 0.6 is 0 Å². The molecule has 0 aliphatic carbocycles. The number of nitrogens with one attached hydrogen (secondary N) is 1. The second kappa shape index (κ2) is 5.93. The largest absolute Gasteiger partial charge is 0.506 e. The molecule has 2 aromatic rings. The Kier molecular flexibility index (Phi) is 4.22. The van der Waals surface area contributed by atoms with E-state index in [-0.39, 0.29) is 29.1 Å². The van der Waals surface area contributed by atoms with Crippen LogP contribution in [0.1, 0.15) is 16.7 Å². The number of phenols is 1. The average Bonchev–Trinajstić information content (AvgIpc) is 2.46. The second-order valence-corrected chi connectivity index (χ2v) is 4.50. The fourth-order valence-electron chi connectivity index (χ4n) is 1.90. The molecule has 2 rings (SSSR count). The number of nitrogens with zero attached hydrogens (tertiary/aromatic N) is 1. The number of phenolic OH excluding ortho intramolecular Hbond substituents is 1. The molecule has 0 unspecified atom stereocenters. The Labute approximate surface area is 123 Å². The predicted molar refractivity (Wildman–Crippen MR) is 71.6 cm³/mol. The van der Waals surface area contributed by atoms with Crippen molar-refractivity contribution < 1.29 is 22.7 Å². The molecule has 0 aliphatic heterocycles. The zero-order valence-corrected chi connectivity index (χ0v) is 11.1. The fraction of sp³-hybridized carbons (Fsp3) is 0.133. The summed E-state index contributed by atoms with van der Waals surface area (Å²) in [6, 6.07) is 8.17. The third-order valence-electron chi connectivity index (χ3n) is 2.97. The SMILES string of the molecule is N#Cc1ccc(O)c(NCc2ccc(F)cc2C(F)(F)F)c1. The van der Waals surface area contributed by atoms with E-state index in [4.69, 9.17) is 5.26 Å². The lowest BCUT2D eigenvalue weighted by atomic mass is 10.1. The van der Waals surface area contributed by atoms with Gasteiger partial charge in [0.25, 0.3) is 0 Å². The van der Waals surface area contributed by atoms with Crippen LogP contribution in [0.3, 0.4) is 0 Å². The molecule has 0 bridgehead atoms. The van der Waals surface area contributed by atoms with Crippen LogP contribution in [0, 0.1) is 17.1 Å². The van der Waals surface area contributed by atoms with Crippen molar-refractivity contribution in [1.82, 2.24) is 0 Å². The van der Waals surface area contributed by atoms with E-state index in [0.29, 0.717) is 6.07 Å². The number of benzene rings is 2. The lowest BCUT2D eigenvalue weighted by Crippen LogP contribution is -2.12. The quantitative estimate of drug-likeness (QED) is 0.664. The van der Waals surface area contributed by atoms with Crippen molar-refractivity contribution in [2.75, 3.05) is 5.32 Å². The molecular weight excluding hydrogens is 300 g/mol.